The van der Waals surface area contributed by atoms with E-state index in [0.29, 0.717) is 36.1 Å². The first-order chi connectivity index (χ1) is 16.2. The molecule has 3 aromatic rings. The summed E-state index contributed by atoms with van der Waals surface area (Å²) in [5, 5.41) is 15.9. The van der Waals surface area contributed by atoms with E-state index in [4.69, 9.17) is 14.5 Å². The minimum atomic E-state index is -0.733. The van der Waals surface area contributed by atoms with Gasteiger partial charge in [0.2, 0.25) is 5.95 Å². The molecule has 2 aliphatic rings. The van der Waals surface area contributed by atoms with Crippen LogP contribution in [0.5, 0.6) is 5.75 Å². The molecule has 1 atom stereocenters. The second kappa shape index (κ2) is 9.40. The van der Waals surface area contributed by atoms with Gasteiger partial charge in [-0.25, -0.2) is 9.97 Å². The Morgan fingerprint density at radius 3 is 2.82 bits per heavy atom. The fourth-order valence-corrected chi connectivity index (χ4v) is 4.15. The van der Waals surface area contributed by atoms with Crippen molar-refractivity contribution in [3.63, 3.8) is 0 Å². The molecular weight excluding hydrogens is 418 g/mol. The molecule has 1 aromatic heterocycles. The third-order valence-corrected chi connectivity index (χ3v) is 5.85. The highest BCUT2D eigenvalue weighted by molar-refractivity contribution is 5.62. The first-order valence-corrected chi connectivity index (χ1v) is 11.0. The zero-order valence-electron chi connectivity index (χ0n) is 18.2. The van der Waals surface area contributed by atoms with Crippen molar-refractivity contribution < 1.29 is 9.47 Å². The van der Waals surface area contributed by atoms with Gasteiger partial charge in [-0.3, -0.25) is 0 Å². The molecule has 0 amide bonds. The number of morpholine rings is 1. The highest BCUT2D eigenvalue weighted by atomic mass is 16.5. The van der Waals surface area contributed by atoms with E-state index in [1.54, 1.807) is 12.1 Å². The summed E-state index contributed by atoms with van der Waals surface area (Å²) < 4.78 is 11.8. The van der Waals surface area contributed by atoms with E-state index in [9.17, 15) is 5.26 Å². The maximum atomic E-state index is 9.22. The lowest BCUT2D eigenvalue weighted by molar-refractivity contribution is 0.0784. The lowest BCUT2D eigenvalue weighted by Gasteiger charge is -2.29. The van der Waals surface area contributed by atoms with Crippen LogP contribution in [0.3, 0.4) is 0 Å². The van der Waals surface area contributed by atoms with Gasteiger partial charge in [0, 0.05) is 37.4 Å². The molecule has 2 aromatic carbocycles. The van der Waals surface area contributed by atoms with Gasteiger partial charge < -0.3 is 25.0 Å². The molecular formula is C24H25N7O2. The Kier molecular flexibility index (Phi) is 6.02. The van der Waals surface area contributed by atoms with Crippen molar-refractivity contribution >= 4 is 17.3 Å². The molecule has 2 fully saturated rings. The van der Waals surface area contributed by atoms with Crippen molar-refractivity contribution in [3.05, 3.63) is 66.2 Å². The van der Waals surface area contributed by atoms with Crippen molar-refractivity contribution in [2.45, 2.75) is 12.0 Å². The summed E-state index contributed by atoms with van der Waals surface area (Å²) in [5.41, 5.74) is 1.85. The van der Waals surface area contributed by atoms with E-state index in [-0.39, 0.29) is 0 Å². The summed E-state index contributed by atoms with van der Waals surface area (Å²) in [4.78, 5) is 15.8. The Morgan fingerprint density at radius 1 is 1.12 bits per heavy atom. The van der Waals surface area contributed by atoms with Gasteiger partial charge in [-0.05, 0) is 42.9 Å². The number of hydrogen-bond donors (Lipinski definition) is 2. The average Bonchev–Trinajstić information content (AvgIpc) is 3.35. The Morgan fingerprint density at radius 2 is 2.00 bits per heavy atom. The van der Waals surface area contributed by atoms with Crippen molar-refractivity contribution in [2.75, 3.05) is 49.6 Å². The van der Waals surface area contributed by atoms with Crippen molar-refractivity contribution in [1.82, 2.24) is 20.3 Å². The number of benzene rings is 2. The smallest absolute Gasteiger partial charge is 0.230 e. The van der Waals surface area contributed by atoms with E-state index < -0.39 is 5.60 Å². The normalized spacial score (nSPS) is 20.3. The number of rotatable bonds is 6. The second-order valence-corrected chi connectivity index (χ2v) is 8.07. The van der Waals surface area contributed by atoms with Gasteiger partial charge >= 0.3 is 0 Å². The van der Waals surface area contributed by atoms with Crippen LogP contribution >= 0.6 is 0 Å². The van der Waals surface area contributed by atoms with Crippen LogP contribution in [0.1, 0.15) is 17.8 Å². The van der Waals surface area contributed by atoms with Gasteiger partial charge in [0.1, 0.15) is 12.1 Å². The van der Waals surface area contributed by atoms with Gasteiger partial charge in [-0.15, -0.1) is 0 Å². The number of nitrogens with zero attached hydrogens (tertiary/aromatic N) is 5. The van der Waals surface area contributed by atoms with E-state index in [1.807, 2.05) is 24.3 Å². The van der Waals surface area contributed by atoms with Gasteiger partial charge in [0.05, 0.1) is 24.8 Å². The first-order valence-electron chi connectivity index (χ1n) is 11.0. The lowest BCUT2D eigenvalue weighted by Crippen LogP contribution is -2.37. The van der Waals surface area contributed by atoms with Crippen LogP contribution in [0.4, 0.5) is 17.3 Å². The Hall–Kier alpha value is -3.74. The molecule has 0 unspecified atom stereocenters. The van der Waals surface area contributed by atoms with Crippen LogP contribution in [0.25, 0.3) is 0 Å². The fourth-order valence-electron chi connectivity index (χ4n) is 4.15. The molecule has 0 radical (unpaired) electrons. The number of aromatic nitrogens is 3. The number of nitriles is 1. The van der Waals surface area contributed by atoms with Crippen LogP contribution < -0.4 is 20.3 Å². The predicted octanol–water partition coefficient (Wildman–Crippen LogP) is 2.59. The molecule has 0 spiro atoms. The monoisotopic (exact) mass is 443 g/mol. The van der Waals surface area contributed by atoms with Gasteiger partial charge in [0.15, 0.2) is 11.4 Å². The summed E-state index contributed by atoms with van der Waals surface area (Å²) >= 11 is 0. The minimum Gasteiger partial charge on any atom is -0.478 e. The van der Waals surface area contributed by atoms with Crippen LogP contribution in [0.2, 0.25) is 0 Å². The third-order valence-electron chi connectivity index (χ3n) is 5.85. The molecule has 0 aliphatic carbocycles. The first kappa shape index (κ1) is 21.1. The molecule has 9 nitrogen and oxygen atoms in total. The second-order valence-electron chi connectivity index (χ2n) is 8.07. The van der Waals surface area contributed by atoms with Crippen LogP contribution in [0, 0.1) is 11.3 Å². The molecule has 33 heavy (non-hydrogen) atoms. The van der Waals surface area contributed by atoms with E-state index >= 15 is 0 Å². The molecule has 0 bridgehead atoms. The Bertz CT molecular complexity index is 1150. The maximum Gasteiger partial charge on any atom is 0.230 e. The fraction of sp³-hybridized carbons (Fsp3) is 0.333. The van der Waals surface area contributed by atoms with E-state index in [0.717, 1.165) is 44.2 Å². The van der Waals surface area contributed by atoms with Gasteiger partial charge in [0.25, 0.3) is 0 Å². The minimum absolute atomic E-state index is 0.458. The third kappa shape index (κ3) is 4.72. The largest absolute Gasteiger partial charge is 0.478 e. The van der Waals surface area contributed by atoms with Crippen LogP contribution in [-0.2, 0) is 10.3 Å². The van der Waals surface area contributed by atoms with Gasteiger partial charge in [-0.1, -0.05) is 12.1 Å². The molecule has 2 N–H and O–H groups in total. The molecule has 3 heterocycles. The topological polar surface area (TPSA) is 108 Å². The highest BCUT2D eigenvalue weighted by Gasteiger charge is 2.41. The zero-order chi connectivity index (χ0) is 22.5. The standard InChI is InChI=1S/C24H25N7O2/c25-15-18-3-1-6-21(13-18)33-24(7-8-26-16-24)22-27-17-28-23(30-22)29-19-4-2-5-20(14-19)31-9-11-32-12-10-31/h1-6,13-14,17,26H,7-12,16H2,(H,27,28,29,30)/t24-/m1/s1. The number of ether oxygens (including phenoxy) is 2. The quantitative estimate of drug-likeness (QED) is 0.594. The predicted molar refractivity (Wildman–Crippen MR) is 124 cm³/mol. The van der Waals surface area contributed by atoms with E-state index in [1.165, 1.54) is 6.33 Å². The maximum absolute atomic E-state index is 9.22. The lowest BCUT2D eigenvalue weighted by atomic mass is 10.0. The Balaban J connectivity index is 1.38. The van der Waals surface area contributed by atoms with E-state index in [2.05, 4.69) is 43.7 Å². The SMILES string of the molecule is N#Cc1cccc(O[C@]2(c3ncnc(Nc4cccc(N5CCOCC5)c4)n3)CCNC2)c1. The molecule has 9 heteroatoms. The summed E-state index contributed by atoms with van der Waals surface area (Å²) in [5.74, 6) is 1.63. The molecule has 2 aliphatic heterocycles. The molecule has 0 saturated carbocycles. The number of hydrogen-bond acceptors (Lipinski definition) is 9. The van der Waals surface area contributed by atoms with Crippen LogP contribution in [0.15, 0.2) is 54.9 Å². The summed E-state index contributed by atoms with van der Waals surface area (Å²) in [7, 11) is 0. The summed E-state index contributed by atoms with van der Waals surface area (Å²) in [6, 6.07) is 17.5. The van der Waals surface area contributed by atoms with Gasteiger partial charge in [-0.2, -0.15) is 10.2 Å². The number of anilines is 3. The van der Waals surface area contributed by atoms with Crippen molar-refractivity contribution in [3.8, 4) is 11.8 Å². The molecule has 168 valence electrons. The number of nitrogens with one attached hydrogen (secondary N) is 2. The zero-order valence-corrected chi connectivity index (χ0v) is 18.2. The van der Waals surface area contributed by atoms with Crippen molar-refractivity contribution in [2.24, 2.45) is 0 Å². The molecule has 5 rings (SSSR count). The Labute approximate surface area is 192 Å². The summed E-state index contributed by atoms with van der Waals surface area (Å²) in [6.45, 7) is 4.58. The highest BCUT2D eigenvalue weighted by Crippen LogP contribution is 2.32. The van der Waals surface area contributed by atoms with Crippen LogP contribution in [-0.4, -0.2) is 54.3 Å². The molecule has 2 saturated heterocycles. The van der Waals surface area contributed by atoms with Crippen molar-refractivity contribution in [1.29, 1.82) is 5.26 Å². The average molecular weight is 444 g/mol. The summed E-state index contributed by atoms with van der Waals surface area (Å²) in [6.07, 6.45) is 2.21.